The van der Waals surface area contributed by atoms with Gasteiger partial charge in [-0.1, -0.05) is 18.2 Å². The Kier molecular flexibility index (Phi) is 5.81. The van der Waals surface area contributed by atoms with Gasteiger partial charge in [0.15, 0.2) is 5.25 Å². The molecule has 0 saturated heterocycles. The monoisotopic (exact) mass is 378 g/mol. The number of anilines is 1. The highest BCUT2D eigenvalue weighted by molar-refractivity contribution is 7.94. The number of nitrogens with one attached hydrogen (secondary N) is 2. The van der Waals surface area contributed by atoms with E-state index in [-0.39, 0.29) is 11.7 Å². The molecule has 2 N–H and O–H groups in total. The molecule has 0 aliphatic carbocycles. The fourth-order valence-corrected chi connectivity index (χ4v) is 3.45. The van der Waals surface area contributed by atoms with Crippen molar-refractivity contribution >= 4 is 38.6 Å². The summed E-state index contributed by atoms with van der Waals surface area (Å²) in [5, 5.41) is 2.01. The number of sulfonamides is 1. The predicted octanol–water partition coefficient (Wildman–Crippen LogP) is 1.20. The third-order valence-electron chi connectivity index (χ3n) is 3.80. The molecule has 140 valence electrons. The topological polar surface area (TPSA) is 108 Å². The molecule has 1 aromatic heterocycles. The lowest BCUT2D eigenvalue weighted by Gasteiger charge is -2.18. The molecule has 0 saturated carbocycles. The van der Waals surface area contributed by atoms with Crippen molar-refractivity contribution < 1.29 is 18.0 Å². The zero-order valence-electron chi connectivity index (χ0n) is 15.1. The Morgan fingerprint density at radius 1 is 1.23 bits per heavy atom. The third-order valence-corrected chi connectivity index (χ3v) is 5.43. The van der Waals surface area contributed by atoms with Crippen LogP contribution in [0, 0.1) is 0 Å². The molecule has 0 aliphatic heterocycles. The number of carbonyl (C=O) groups excluding carboxylic acids is 2. The molecule has 2 aromatic rings. The average molecular weight is 378 g/mol. The molecule has 2 amide bonds. The first-order chi connectivity index (χ1) is 12.2. The number of aromatic nitrogens is 1. The Morgan fingerprint density at radius 2 is 1.88 bits per heavy atom. The van der Waals surface area contributed by atoms with Crippen molar-refractivity contribution in [1.82, 2.24) is 15.2 Å². The molecular weight excluding hydrogens is 356 g/mol. The van der Waals surface area contributed by atoms with Crippen LogP contribution in [0.3, 0.4) is 0 Å². The highest BCUT2D eigenvalue weighted by Crippen LogP contribution is 2.22. The van der Waals surface area contributed by atoms with Crippen molar-refractivity contribution in [2.45, 2.75) is 19.1 Å². The van der Waals surface area contributed by atoms with Gasteiger partial charge in [-0.2, -0.15) is 0 Å². The highest BCUT2D eigenvalue weighted by Gasteiger charge is 2.30. The number of nitrogens with zero attached hydrogens (tertiary/aromatic N) is 2. The molecule has 1 atom stereocenters. The van der Waals surface area contributed by atoms with Gasteiger partial charge in [-0.15, -0.1) is 0 Å². The SMILES string of the molecule is CCNC(=O)c1cc(NS(=O)(=O)[C@H](C)C(=O)N(C)C)nc2ccccc12. The van der Waals surface area contributed by atoms with E-state index >= 15 is 0 Å². The van der Waals surface area contributed by atoms with E-state index in [4.69, 9.17) is 0 Å². The second-order valence-corrected chi connectivity index (χ2v) is 7.95. The highest BCUT2D eigenvalue weighted by atomic mass is 32.2. The fourth-order valence-electron chi connectivity index (χ4n) is 2.40. The normalized spacial score (nSPS) is 12.5. The van der Waals surface area contributed by atoms with Crippen LogP contribution in [-0.4, -0.2) is 56.0 Å². The van der Waals surface area contributed by atoms with Gasteiger partial charge in [0.1, 0.15) is 5.82 Å². The van der Waals surface area contributed by atoms with Crippen LogP contribution >= 0.6 is 0 Å². The van der Waals surface area contributed by atoms with Gasteiger partial charge < -0.3 is 10.2 Å². The van der Waals surface area contributed by atoms with Crippen LogP contribution in [0.5, 0.6) is 0 Å². The Hall–Kier alpha value is -2.68. The third kappa shape index (κ3) is 4.10. The van der Waals surface area contributed by atoms with Gasteiger partial charge >= 0.3 is 0 Å². The maximum Gasteiger partial charge on any atom is 0.252 e. The minimum absolute atomic E-state index is 0.0108. The summed E-state index contributed by atoms with van der Waals surface area (Å²) in [5.41, 5.74) is 0.780. The van der Waals surface area contributed by atoms with E-state index in [1.807, 2.05) is 0 Å². The van der Waals surface area contributed by atoms with Crippen molar-refractivity contribution in [3.8, 4) is 0 Å². The van der Waals surface area contributed by atoms with Crippen molar-refractivity contribution in [1.29, 1.82) is 0 Å². The summed E-state index contributed by atoms with van der Waals surface area (Å²) in [5.74, 6) is -0.894. The number of benzene rings is 1. The van der Waals surface area contributed by atoms with Crippen LogP contribution < -0.4 is 10.0 Å². The maximum absolute atomic E-state index is 12.5. The molecular formula is C17H22N4O4S. The second-order valence-electron chi connectivity index (χ2n) is 5.95. The summed E-state index contributed by atoms with van der Waals surface area (Å²) < 4.78 is 27.3. The Bertz CT molecular complexity index is 941. The number of carbonyl (C=O) groups is 2. The maximum atomic E-state index is 12.5. The molecule has 2 rings (SSSR count). The first-order valence-electron chi connectivity index (χ1n) is 8.08. The minimum Gasteiger partial charge on any atom is -0.352 e. The fraction of sp³-hybridized carbons (Fsp3) is 0.353. The first-order valence-corrected chi connectivity index (χ1v) is 9.62. The van der Waals surface area contributed by atoms with Gasteiger partial charge in [0, 0.05) is 26.0 Å². The molecule has 9 heteroatoms. The van der Waals surface area contributed by atoms with E-state index in [0.29, 0.717) is 23.0 Å². The van der Waals surface area contributed by atoms with E-state index in [1.54, 1.807) is 31.2 Å². The summed E-state index contributed by atoms with van der Waals surface area (Å²) in [6.45, 7) is 3.53. The van der Waals surface area contributed by atoms with Crippen molar-refractivity contribution in [3.63, 3.8) is 0 Å². The largest absolute Gasteiger partial charge is 0.352 e. The number of fused-ring (bicyclic) bond motifs is 1. The lowest BCUT2D eigenvalue weighted by atomic mass is 10.1. The van der Waals surface area contributed by atoms with Gasteiger partial charge in [-0.05, 0) is 26.0 Å². The van der Waals surface area contributed by atoms with Crippen LogP contribution in [-0.2, 0) is 14.8 Å². The number of para-hydroxylation sites is 1. The quantitative estimate of drug-likeness (QED) is 0.785. The van der Waals surface area contributed by atoms with E-state index < -0.39 is 21.2 Å². The summed E-state index contributed by atoms with van der Waals surface area (Å²) >= 11 is 0. The molecule has 1 heterocycles. The van der Waals surface area contributed by atoms with Gasteiger partial charge in [0.05, 0.1) is 11.1 Å². The van der Waals surface area contributed by atoms with E-state index in [1.165, 1.54) is 32.0 Å². The van der Waals surface area contributed by atoms with E-state index in [9.17, 15) is 18.0 Å². The van der Waals surface area contributed by atoms with Crippen LogP contribution in [0.4, 0.5) is 5.82 Å². The average Bonchev–Trinajstić information content (AvgIpc) is 2.59. The molecule has 0 unspecified atom stereocenters. The number of hydrogen-bond donors (Lipinski definition) is 2. The van der Waals surface area contributed by atoms with Crippen molar-refractivity contribution in [2.75, 3.05) is 25.4 Å². The molecule has 0 bridgehead atoms. The summed E-state index contributed by atoms with van der Waals surface area (Å²) in [4.78, 5) is 29.8. The zero-order chi connectivity index (χ0) is 19.5. The van der Waals surface area contributed by atoms with Crippen LogP contribution in [0.15, 0.2) is 30.3 Å². The van der Waals surface area contributed by atoms with Crippen molar-refractivity contribution in [2.24, 2.45) is 0 Å². The Morgan fingerprint density at radius 3 is 2.50 bits per heavy atom. The van der Waals surface area contributed by atoms with Crippen LogP contribution in [0.1, 0.15) is 24.2 Å². The molecule has 0 aliphatic rings. The number of amides is 2. The Balaban J connectivity index is 2.47. The minimum atomic E-state index is -4.02. The number of pyridine rings is 1. The van der Waals surface area contributed by atoms with Crippen LogP contribution in [0.25, 0.3) is 10.9 Å². The molecule has 26 heavy (non-hydrogen) atoms. The van der Waals surface area contributed by atoms with Gasteiger partial charge in [-0.25, -0.2) is 13.4 Å². The Labute approximate surface area is 152 Å². The van der Waals surface area contributed by atoms with E-state index in [2.05, 4.69) is 15.0 Å². The first kappa shape index (κ1) is 19.6. The second kappa shape index (κ2) is 7.69. The predicted molar refractivity (Wildman–Crippen MR) is 100 cm³/mol. The number of rotatable bonds is 6. The molecule has 0 radical (unpaired) electrons. The number of hydrogen-bond acceptors (Lipinski definition) is 5. The summed E-state index contributed by atoms with van der Waals surface area (Å²) in [6.07, 6.45) is 0. The zero-order valence-corrected chi connectivity index (χ0v) is 15.9. The van der Waals surface area contributed by atoms with Crippen molar-refractivity contribution in [3.05, 3.63) is 35.9 Å². The summed E-state index contributed by atoms with van der Waals surface area (Å²) in [6, 6.07) is 8.31. The van der Waals surface area contributed by atoms with Gasteiger partial charge in [0.2, 0.25) is 15.9 Å². The van der Waals surface area contributed by atoms with Gasteiger partial charge in [0.25, 0.3) is 5.91 Å². The van der Waals surface area contributed by atoms with Crippen LogP contribution in [0.2, 0.25) is 0 Å². The standard InChI is InChI=1S/C17H22N4O4S/c1-5-18-16(22)13-10-15(19-14-9-7-6-8-12(13)14)20-26(24,25)11(2)17(23)21(3)4/h6-11H,5H2,1-4H3,(H,18,22)(H,19,20)/t11-/m1/s1. The van der Waals surface area contributed by atoms with Gasteiger partial charge in [-0.3, -0.25) is 14.3 Å². The van der Waals surface area contributed by atoms with E-state index in [0.717, 1.165) is 0 Å². The molecule has 0 spiro atoms. The lowest BCUT2D eigenvalue weighted by Crippen LogP contribution is -2.40. The lowest BCUT2D eigenvalue weighted by molar-refractivity contribution is -0.127. The molecule has 8 nitrogen and oxygen atoms in total. The smallest absolute Gasteiger partial charge is 0.252 e. The molecule has 1 aromatic carbocycles. The summed E-state index contributed by atoms with van der Waals surface area (Å²) in [7, 11) is -1.05. The molecule has 0 fully saturated rings.